The second-order valence-corrected chi connectivity index (χ2v) is 5.70. The summed E-state index contributed by atoms with van der Waals surface area (Å²) in [6.07, 6.45) is 1.56. The van der Waals surface area contributed by atoms with Crippen LogP contribution in [0.2, 0.25) is 0 Å². The molecule has 0 radical (unpaired) electrons. The van der Waals surface area contributed by atoms with Gasteiger partial charge >= 0.3 is 0 Å². The smallest absolute Gasteiger partial charge is 0.265 e. The standard InChI is InChI=1S/C13H11Br2FN2O/c1-2-3-10-11(15)13(19)18-12(17-10)8-6-7(16)4-5-9(8)14/h4-6H,2-3H2,1H3,(H,17,18,19). The van der Waals surface area contributed by atoms with Gasteiger partial charge in [-0.25, -0.2) is 9.37 Å². The molecule has 0 aliphatic heterocycles. The van der Waals surface area contributed by atoms with Crippen LogP contribution in [0.4, 0.5) is 4.39 Å². The number of hydrogen-bond donors (Lipinski definition) is 1. The van der Waals surface area contributed by atoms with Gasteiger partial charge in [-0.3, -0.25) is 4.79 Å². The molecule has 100 valence electrons. The van der Waals surface area contributed by atoms with E-state index < -0.39 is 0 Å². The number of hydrogen-bond acceptors (Lipinski definition) is 2. The van der Waals surface area contributed by atoms with Gasteiger partial charge in [-0.1, -0.05) is 29.3 Å². The molecule has 0 spiro atoms. The minimum absolute atomic E-state index is 0.260. The van der Waals surface area contributed by atoms with Crippen molar-refractivity contribution in [2.75, 3.05) is 0 Å². The van der Waals surface area contributed by atoms with Crippen molar-refractivity contribution in [2.45, 2.75) is 19.8 Å². The van der Waals surface area contributed by atoms with Crippen LogP contribution < -0.4 is 5.56 Å². The summed E-state index contributed by atoms with van der Waals surface area (Å²) in [7, 11) is 0. The summed E-state index contributed by atoms with van der Waals surface area (Å²) in [5.74, 6) is -0.0103. The highest BCUT2D eigenvalue weighted by Gasteiger charge is 2.12. The predicted octanol–water partition coefficient (Wildman–Crippen LogP) is 4.05. The molecule has 0 bridgehead atoms. The lowest BCUT2D eigenvalue weighted by Gasteiger charge is -2.07. The third kappa shape index (κ3) is 3.12. The summed E-state index contributed by atoms with van der Waals surface area (Å²) in [5.41, 5.74) is 0.948. The number of rotatable bonds is 3. The molecule has 3 nitrogen and oxygen atoms in total. The minimum atomic E-state index is -0.374. The number of halogens is 3. The first-order chi connectivity index (χ1) is 9.02. The number of aromatic nitrogens is 2. The van der Waals surface area contributed by atoms with E-state index in [2.05, 4.69) is 41.8 Å². The molecule has 6 heteroatoms. The Morgan fingerprint density at radius 2 is 2.11 bits per heavy atom. The second-order valence-electron chi connectivity index (χ2n) is 4.05. The molecule has 2 rings (SSSR count). The highest BCUT2D eigenvalue weighted by Crippen LogP contribution is 2.26. The minimum Gasteiger partial charge on any atom is -0.305 e. The topological polar surface area (TPSA) is 45.8 Å². The van der Waals surface area contributed by atoms with Crippen molar-refractivity contribution in [2.24, 2.45) is 0 Å². The highest BCUT2D eigenvalue weighted by atomic mass is 79.9. The Morgan fingerprint density at radius 1 is 1.37 bits per heavy atom. The number of aromatic amines is 1. The summed E-state index contributed by atoms with van der Waals surface area (Å²) in [6, 6.07) is 4.27. The van der Waals surface area contributed by atoms with E-state index in [9.17, 15) is 9.18 Å². The first kappa shape index (κ1) is 14.4. The van der Waals surface area contributed by atoms with Gasteiger partial charge < -0.3 is 4.98 Å². The second kappa shape index (κ2) is 5.96. The number of nitrogens with one attached hydrogen (secondary N) is 1. The molecule has 0 aliphatic rings. The van der Waals surface area contributed by atoms with E-state index in [0.717, 1.165) is 6.42 Å². The van der Waals surface area contributed by atoms with Crippen LogP contribution in [-0.2, 0) is 6.42 Å². The Balaban J connectivity index is 2.62. The zero-order chi connectivity index (χ0) is 14.0. The molecule has 1 N–H and O–H groups in total. The molecule has 0 atom stereocenters. The maximum absolute atomic E-state index is 13.3. The Morgan fingerprint density at radius 3 is 2.79 bits per heavy atom. The van der Waals surface area contributed by atoms with Crippen molar-refractivity contribution in [1.82, 2.24) is 9.97 Å². The van der Waals surface area contributed by atoms with Gasteiger partial charge in [0.25, 0.3) is 5.56 Å². The normalized spacial score (nSPS) is 10.7. The predicted molar refractivity (Wildman–Crippen MR) is 79.6 cm³/mol. The zero-order valence-corrected chi connectivity index (χ0v) is 13.3. The maximum atomic E-state index is 13.3. The number of benzene rings is 1. The van der Waals surface area contributed by atoms with Crippen molar-refractivity contribution in [3.05, 3.63) is 49.0 Å². The van der Waals surface area contributed by atoms with Gasteiger partial charge in [0.15, 0.2) is 0 Å². The van der Waals surface area contributed by atoms with Crippen LogP contribution in [0, 0.1) is 5.82 Å². The van der Waals surface area contributed by atoms with Crippen molar-refractivity contribution in [1.29, 1.82) is 0 Å². The fourth-order valence-corrected chi connectivity index (χ4v) is 2.53. The van der Waals surface area contributed by atoms with Gasteiger partial charge in [-0.15, -0.1) is 0 Å². The van der Waals surface area contributed by atoms with Crippen LogP contribution in [0.1, 0.15) is 19.0 Å². The van der Waals surface area contributed by atoms with Crippen molar-refractivity contribution < 1.29 is 4.39 Å². The molecule has 1 aromatic carbocycles. The first-order valence-electron chi connectivity index (χ1n) is 5.77. The third-order valence-electron chi connectivity index (χ3n) is 2.60. The summed E-state index contributed by atoms with van der Waals surface area (Å²) < 4.78 is 14.4. The molecule has 0 unspecified atom stereocenters. The molecule has 0 saturated carbocycles. The van der Waals surface area contributed by atoms with Gasteiger partial charge in [0, 0.05) is 10.0 Å². The number of aryl methyl sites for hydroxylation is 1. The molecular weight excluding hydrogens is 379 g/mol. The van der Waals surface area contributed by atoms with E-state index in [4.69, 9.17) is 0 Å². The van der Waals surface area contributed by atoms with Crippen LogP contribution in [0.15, 0.2) is 31.9 Å². The third-order valence-corrected chi connectivity index (χ3v) is 4.11. The van der Waals surface area contributed by atoms with Gasteiger partial charge in [0.2, 0.25) is 0 Å². The number of H-pyrrole nitrogens is 1. The van der Waals surface area contributed by atoms with E-state index in [1.54, 1.807) is 6.07 Å². The van der Waals surface area contributed by atoms with Crippen LogP contribution in [0.3, 0.4) is 0 Å². The van der Waals surface area contributed by atoms with Gasteiger partial charge in [-0.05, 0) is 40.5 Å². The van der Waals surface area contributed by atoms with E-state index in [1.807, 2.05) is 6.92 Å². The van der Waals surface area contributed by atoms with Crippen LogP contribution in [0.25, 0.3) is 11.4 Å². The van der Waals surface area contributed by atoms with Crippen molar-refractivity contribution in [3.63, 3.8) is 0 Å². The Labute approximate surface area is 126 Å². The average Bonchev–Trinajstić information content (AvgIpc) is 2.38. The highest BCUT2D eigenvalue weighted by molar-refractivity contribution is 9.10. The lowest BCUT2D eigenvalue weighted by molar-refractivity contribution is 0.628. The van der Waals surface area contributed by atoms with Gasteiger partial charge in [-0.2, -0.15) is 0 Å². The van der Waals surface area contributed by atoms with E-state index in [0.29, 0.717) is 32.4 Å². The molecule has 1 heterocycles. The van der Waals surface area contributed by atoms with Gasteiger partial charge in [0.1, 0.15) is 16.1 Å². The maximum Gasteiger partial charge on any atom is 0.265 e. The first-order valence-corrected chi connectivity index (χ1v) is 7.35. The fourth-order valence-electron chi connectivity index (χ4n) is 1.71. The zero-order valence-electron chi connectivity index (χ0n) is 10.1. The molecule has 0 aliphatic carbocycles. The van der Waals surface area contributed by atoms with E-state index >= 15 is 0 Å². The molecule has 0 amide bonds. The molecule has 2 aromatic rings. The van der Waals surface area contributed by atoms with Gasteiger partial charge in [0.05, 0.1) is 5.69 Å². The summed E-state index contributed by atoms with van der Waals surface area (Å²) >= 11 is 6.56. The number of nitrogens with zero attached hydrogens (tertiary/aromatic N) is 1. The monoisotopic (exact) mass is 388 g/mol. The van der Waals surface area contributed by atoms with Crippen LogP contribution >= 0.6 is 31.9 Å². The SMILES string of the molecule is CCCc1nc(-c2cc(F)ccc2Br)[nH]c(=O)c1Br. The summed E-state index contributed by atoms with van der Waals surface area (Å²) in [5, 5.41) is 0. The molecule has 0 fully saturated rings. The summed E-state index contributed by atoms with van der Waals surface area (Å²) in [4.78, 5) is 18.9. The summed E-state index contributed by atoms with van der Waals surface area (Å²) in [6.45, 7) is 2.01. The lowest BCUT2D eigenvalue weighted by Crippen LogP contribution is -2.13. The Hall–Kier alpha value is -1.01. The quantitative estimate of drug-likeness (QED) is 0.860. The lowest BCUT2D eigenvalue weighted by atomic mass is 10.2. The Kier molecular flexibility index (Phi) is 4.52. The molecule has 1 aromatic heterocycles. The largest absolute Gasteiger partial charge is 0.305 e. The Bertz CT molecular complexity index is 670. The van der Waals surface area contributed by atoms with Crippen LogP contribution in [-0.4, -0.2) is 9.97 Å². The molecule has 0 saturated heterocycles. The molecule has 19 heavy (non-hydrogen) atoms. The molecular formula is C13H11Br2FN2O. The van der Waals surface area contributed by atoms with Crippen molar-refractivity contribution >= 4 is 31.9 Å². The average molecular weight is 390 g/mol. The fraction of sp³-hybridized carbons (Fsp3) is 0.231. The van der Waals surface area contributed by atoms with E-state index in [1.165, 1.54) is 12.1 Å². The van der Waals surface area contributed by atoms with Crippen LogP contribution in [0.5, 0.6) is 0 Å². The van der Waals surface area contributed by atoms with E-state index in [-0.39, 0.29) is 11.4 Å². The van der Waals surface area contributed by atoms with Crippen molar-refractivity contribution in [3.8, 4) is 11.4 Å².